The van der Waals surface area contributed by atoms with E-state index >= 15 is 0 Å². The minimum Gasteiger partial charge on any atom is -0.493 e. The number of nitrogen functional groups attached to an aromatic ring is 1. The summed E-state index contributed by atoms with van der Waals surface area (Å²) in [6, 6.07) is 19.6. The second-order valence-corrected chi connectivity index (χ2v) is 8.98. The Labute approximate surface area is 221 Å². The van der Waals surface area contributed by atoms with Gasteiger partial charge in [0.15, 0.2) is 23.0 Å². The summed E-state index contributed by atoms with van der Waals surface area (Å²) < 4.78 is 21.9. The summed E-state index contributed by atoms with van der Waals surface area (Å²) in [7, 11) is 6.27. The fraction of sp³-hybridized carbons (Fsp3) is 0.233. The highest BCUT2D eigenvalue weighted by Crippen LogP contribution is 2.42. The Bertz CT molecular complexity index is 1590. The first kappa shape index (κ1) is 24.9. The summed E-state index contributed by atoms with van der Waals surface area (Å²) >= 11 is 0. The highest BCUT2D eigenvalue weighted by atomic mass is 16.5. The molecule has 38 heavy (non-hydrogen) atoms. The van der Waals surface area contributed by atoms with Crippen LogP contribution in [0.15, 0.2) is 59.6 Å². The van der Waals surface area contributed by atoms with E-state index < -0.39 is 0 Å². The summed E-state index contributed by atoms with van der Waals surface area (Å²) in [4.78, 5) is 10.0. The van der Waals surface area contributed by atoms with Gasteiger partial charge in [0.25, 0.3) is 0 Å². The largest absolute Gasteiger partial charge is 0.493 e. The van der Waals surface area contributed by atoms with Crippen LogP contribution >= 0.6 is 0 Å². The normalized spacial score (nSPS) is 15.6. The molecule has 1 aromatic heterocycles. The van der Waals surface area contributed by atoms with Crippen LogP contribution in [0.2, 0.25) is 0 Å². The third-order valence-electron chi connectivity index (χ3n) is 6.92. The van der Waals surface area contributed by atoms with Crippen LogP contribution in [0.1, 0.15) is 34.7 Å². The van der Waals surface area contributed by atoms with Crippen molar-refractivity contribution >= 4 is 28.0 Å². The van der Waals surface area contributed by atoms with Gasteiger partial charge in [-0.2, -0.15) is 5.26 Å². The maximum atomic E-state index is 9.88. The van der Waals surface area contributed by atoms with Crippen molar-refractivity contribution in [3.05, 3.63) is 77.0 Å². The van der Waals surface area contributed by atoms with E-state index in [2.05, 4.69) is 18.2 Å². The van der Waals surface area contributed by atoms with Gasteiger partial charge in [0, 0.05) is 29.1 Å². The van der Waals surface area contributed by atoms with Gasteiger partial charge in [-0.15, -0.1) is 0 Å². The van der Waals surface area contributed by atoms with E-state index in [-0.39, 0.29) is 5.92 Å². The third-order valence-corrected chi connectivity index (χ3v) is 6.92. The number of fused-ring (bicyclic) bond motifs is 2. The number of hydrogen-bond acceptors (Lipinski definition) is 8. The zero-order valence-corrected chi connectivity index (χ0v) is 21.7. The minimum atomic E-state index is 0.137. The first-order chi connectivity index (χ1) is 18.5. The summed E-state index contributed by atoms with van der Waals surface area (Å²) in [6.45, 7) is 0. The molecule has 1 atom stereocenters. The van der Waals surface area contributed by atoms with Crippen LogP contribution in [0.5, 0.6) is 23.0 Å². The summed E-state index contributed by atoms with van der Waals surface area (Å²) in [5, 5.41) is 10.6. The molecule has 5 rings (SSSR count). The monoisotopic (exact) mass is 508 g/mol. The minimum absolute atomic E-state index is 0.137. The van der Waals surface area contributed by atoms with Crippen LogP contribution < -0.4 is 24.7 Å². The molecule has 0 spiro atoms. The van der Waals surface area contributed by atoms with Gasteiger partial charge in [-0.25, -0.2) is 0 Å². The molecule has 1 unspecified atom stereocenters. The van der Waals surface area contributed by atoms with E-state index in [9.17, 15) is 5.26 Å². The number of nitriles is 1. The molecule has 0 aliphatic heterocycles. The van der Waals surface area contributed by atoms with E-state index in [1.807, 2.05) is 30.3 Å². The van der Waals surface area contributed by atoms with Crippen LogP contribution in [0.25, 0.3) is 10.9 Å². The molecule has 1 heterocycles. The van der Waals surface area contributed by atoms with E-state index in [4.69, 9.17) is 34.7 Å². The van der Waals surface area contributed by atoms with Crippen molar-refractivity contribution in [2.45, 2.75) is 18.8 Å². The molecule has 0 radical (unpaired) electrons. The fourth-order valence-electron chi connectivity index (χ4n) is 5.04. The second-order valence-electron chi connectivity index (χ2n) is 8.98. The number of anilines is 1. The molecule has 0 fully saturated rings. The highest BCUT2D eigenvalue weighted by Gasteiger charge is 2.30. The molecule has 1 aliphatic carbocycles. The fourth-order valence-corrected chi connectivity index (χ4v) is 5.04. The van der Waals surface area contributed by atoms with Gasteiger partial charge in [0.05, 0.1) is 62.3 Å². The number of ether oxygens (including phenoxy) is 4. The van der Waals surface area contributed by atoms with Gasteiger partial charge in [0.2, 0.25) is 0 Å². The Hall–Kier alpha value is -4.77. The lowest BCUT2D eigenvalue weighted by molar-refractivity contribution is 0.355. The zero-order valence-electron chi connectivity index (χ0n) is 21.7. The number of pyridine rings is 1. The van der Waals surface area contributed by atoms with Gasteiger partial charge in [-0.3, -0.25) is 9.98 Å². The average Bonchev–Trinajstić information content (AvgIpc) is 2.96. The SMILES string of the molecule is COc1cc(C#N)c(N=C2CC(c3ccccc3)Cc3nc4cc(OC)c(OC)cc4c(N)c32)cc1OC. The molecular formula is C30H28N4O4. The molecule has 0 amide bonds. The Morgan fingerprint density at radius 1 is 0.868 bits per heavy atom. The maximum Gasteiger partial charge on any atom is 0.162 e. The van der Waals surface area contributed by atoms with E-state index in [0.717, 1.165) is 27.9 Å². The standard InChI is InChI=1S/C30H28N4O4/c1-35-25-12-19(16-31)21(14-27(25)37-3)33-23-10-18(17-8-6-5-7-9-17)11-24-29(23)30(32)20-13-26(36-2)28(38-4)15-22(20)34-24/h5-9,12-15,18H,10-11H2,1-4H3,(H2,32,34). The predicted octanol–water partition coefficient (Wildman–Crippen LogP) is 5.57. The van der Waals surface area contributed by atoms with Crippen molar-refractivity contribution in [2.75, 3.05) is 34.2 Å². The molecule has 0 bridgehead atoms. The lowest BCUT2D eigenvalue weighted by atomic mass is 9.80. The number of benzene rings is 3. The first-order valence-corrected chi connectivity index (χ1v) is 12.1. The smallest absolute Gasteiger partial charge is 0.162 e. The van der Waals surface area contributed by atoms with Gasteiger partial charge in [0.1, 0.15) is 6.07 Å². The lowest BCUT2D eigenvalue weighted by Crippen LogP contribution is -2.22. The van der Waals surface area contributed by atoms with Crippen molar-refractivity contribution < 1.29 is 18.9 Å². The Kier molecular flexibility index (Phi) is 6.75. The van der Waals surface area contributed by atoms with Gasteiger partial charge in [-0.1, -0.05) is 30.3 Å². The number of rotatable bonds is 6. The van der Waals surface area contributed by atoms with Gasteiger partial charge >= 0.3 is 0 Å². The summed E-state index contributed by atoms with van der Waals surface area (Å²) in [5.41, 5.74) is 12.5. The Morgan fingerprint density at radius 3 is 2.16 bits per heavy atom. The second kappa shape index (κ2) is 10.3. The van der Waals surface area contributed by atoms with Crippen LogP contribution in [-0.4, -0.2) is 39.1 Å². The van der Waals surface area contributed by atoms with E-state index in [0.29, 0.717) is 52.8 Å². The van der Waals surface area contributed by atoms with Crippen LogP contribution in [0, 0.1) is 11.3 Å². The van der Waals surface area contributed by atoms with Crippen molar-refractivity contribution in [1.82, 2.24) is 4.98 Å². The van der Waals surface area contributed by atoms with Crippen LogP contribution in [0.4, 0.5) is 11.4 Å². The number of nitrogens with two attached hydrogens (primary N) is 1. The number of hydrogen-bond donors (Lipinski definition) is 1. The maximum absolute atomic E-state index is 9.88. The topological polar surface area (TPSA) is 112 Å². The van der Waals surface area contributed by atoms with Crippen molar-refractivity contribution in [1.29, 1.82) is 5.26 Å². The molecule has 1 aliphatic rings. The Morgan fingerprint density at radius 2 is 1.50 bits per heavy atom. The van der Waals surface area contributed by atoms with Crippen molar-refractivity contribution in [3.63, 3.8) is 0 Å². The quantitative estimate of drug-likeness (QED) is 0.362. The molecule has 0 saturated carbocycles. The van der Waals surface area contributed by atoms with E-state index in [1.165, 1.54) is 12.7 Å². The number of methoxy groups -OCH3 is 4. The number of aromatic nitrogens is 1. The molecule has 192 valence electrons. The van der Waals surface area contributed by atoms with E-state index in [1.54, 1.807) is 33.5 Å². The highest BCUT2D eigenvalue weighted by molar-refractivity contribution is 6.13. The molecule has 8 heteroatoms. The number of aliphatic imine (C=N–C) groups is 1. The lowest BCUT2D eigenvalue weighted by Gasteiger charge is -2.28. The molecule has 2 N–H and O–H groups in total. The molecule has 8 nitrogen and oxygen atoms in total. The summed E-state index contributed by atoms with van der Waals surface area (Å²) in [6.07, 6.45) is 1.32. The van der Waals surface area contributed by atoms with Crippen molar-refractivity contribution in [3.8, 4) is 29.1 Å². The zero-order chi connectivity index (χ0) is 26.8. The first-order valence-electron chi connectivity index (χ1n) is 12.1. The average molecular weight is 509 g/mol. The van der Waals surface area contributed by atoms with Crippen molar-refractivity contribution in [2.24, 2.45) is 4.99 Å². The van der Waals surface area contributed by atoms with Crippen LogP contribution in [0.3, 0.4) is 0 Å². The Balaban J connectivity index is 1.76. The molecule has 0 saturated heterocycles. The third kappa shape index (κ3) is 4.33. The molecule has 3 aromatic carbocycles. The number of nitrogens with zero attached hydrogens (tertiary/aromatic N) is 3. The predicted molar refractivity (Wildman–Crippen MR) is 147 cm³/mol. The van der Waals surface area contributed by atoms with Gasteiger partial charge in [-0.05, 0) is 30.4 Å². The molecule has 4 aromatic rings. The summed E-state index contributed by atoms with van der Waals surface area (Å²) in [5.74, 6) is 2.24. The molecular weight excluding hydrogens is 480 g/mol. The van der Waals surface area contributed by atoms with Crippen LogP contribution in [-0.2, 0) is 6.42 Å². The van der Waals surface area contributed by atoms with Gasteiger partial charge < -0.3 is 24.7 Å².